The van der Waals surface area contributed by atoms with Crippen molar-refractivity contribution >= 4 is 17.5 Å². The van der Waals surface area contributed by atoms with Crippen LogP contribution >= 0.6 is 0 Å². The number of hydrogen-bond donors (Lipinski definition) is 1. The minimum Gasteiger partial charge on any atom is -0.367 e. The van der Waals surface area contributed by atoms with E-state index < -0.39 is 5.41 Å². The molecule has 1 aliphatic heterocycles. The minimum absolute atomic E-state index is 0.0681. The zero-order chi connectivity index (χ0) is 19.3. The van der Waals surface area contributed by atoms with Crippen molar-refractivity contribution in [2.75, 3.05) is 13.1 Å². The number of Topliss-reactive ketones (excluding diaryl/α,β-unsaturated/α-hetero) is 1. The molecule has 2 atom stereocenters. The van der Waals surface area contributed by atoms with Gasteiger partial charge in [-0.05, 0) is 57.6 Å². The first kappa shape index (κ1) is 20.2. The van der Waals surface area contributed by atoms with Crippen molar-refractivity contribution in [1.82, 2.24) is 10.0 Å². The van der Waals surface area contributed by atoms with Gasteiger partial charge in [0.1, 0.15) is 0 Å². The molecule has 26 heavy (non-hydrogen) atoms. The van der Waals surface area contributed by atoms with Crippen LogP contribution in [-0.4, -0.2) is 40.6 Å². The number of piperidine rings is 1. The second kappa shape index (κ2) is 8.54. The average Bonchev–Trinajstić information content (AvgIpc) is 2.61. The molecule has 1 aromatic rings. The maximum atomic E-state index is 12.7. The summed E-state index contributed by atoms with van der Waals surface area (Å²) in [6, 6.07) is 3.82. The van der Waals surface area contributed by atoms with Crippen LogP contribution in [-0.2, 0) is 14.4 Å². The molecule has 0 bridgehead atoms. The molecule has 0 radical (unpaired) electrons. The largest absolute Gasteiger partial charge is 0.367 e. The van der Waals surface area contributed by atoms with Gasteiger partial charge in [-0.25, -0.2) is 4.79 Å². The molecule has 0 saturated carbocycles. The van der Waals surface area contributed by atoms with E-state index in [9.17, 15) is 9.59 Å². The maximum absolute atomic E-state index is 12.7. The van der Waals surface area contributed by atoms with Crippen molar-refractivity contribution < 1.29 is 14.4 Å². The summed E-state index contributed by atoms with van der Waals surface area (Å²) in [7, 11) is 0. The molecule has 1 saturated heterocycles. The van der Waals surface area contributed by atoms with Crippen LogP contribution in [0, 0.1) is 16.7 Å². The Hall–Kier alpha value is -2.08. The third-order valence-electron chi connectivity index (χ3n) is 4.64. The van der Waals surface area contributed by atoms with E-state index in [-0.39, 0.29) is 29.3 Å². The van der Waals surface area contributed by atoms with E-state index in [4.69, 9.17) is 10.2 Å². The zero-order valence-electron chi connectivity index (χ0n) is 16.1. The van der Waals surface area contributed by atoms with Crippen LogP contribution in [0.4, 0.5) is 0 Å². The highest BCUT2D eigenvalue weighted by Crippen LogP contribution is 2.24. The van der Waals surface area contributed by atoms with Gasteiger partial charge in [-0.3, -0.25) is 9.78 Å². The fourth-order valence-electron chi connectivity index (χ4n) is 2.93. The summed E-state index contributed by atoms with van der Waals surface area (Å²) in [4.78, 5) is 34.3. The number of nitrogens with one attached hydrogen (secondary N) is 1. The van der Waals surface area contributed by atoms with Crippen molar-refractivity contribution in [3.05, 3.63) is 30.1 Å². The summed E-state index contributed by atoms with van der Waals surface area (Å²) in [5.41, 5.74) is 0.577. The van der Waals surface area contributed by atoms with Crippen LogP contribution in [0.2, 0.25) is 0 Å². The standard InChI is InChI=1S/C20H29N3O3/c1-14(15-7-5-9-22-12-15)11-17(21)18(24)16-8-6-10-23(13-16)26-19(25)20(2,3)4/h5,7,9,12,14,16,21H,6,8,10-11,13H2,1-4H3. The van der Waals surface area contributed by atoms with Gasteiger partial charge in [0.15, 0.2) is 5.78 Å². The van der Waals surface area contributed by atoms with E-state index in [1.165, 1.54) is 0 Å². The van der Waals surface area contributed by atoms with Gasteiger partial charge in [-0.2, -0.15) is 0 Å². The number of rotatable bonds is 6. The molecular weight excluding hydrogens is 330 g/mol. The van der Waals surface area contributed by atoms with Gasteiger partial charge >= 0.3 is 5.97 Å². The van der Waals surface area contributed by atoms with Crippen LogP contribution in [0.3, 0.4) is 0 Å². The van der Waals surface area contributed by atoms with Gasteiger partial charge in [0, 0.05) is 31.4 Å². The quantitative estimate of drug-likeness (QED) is 0.787. The molecule has 1 aromatic heterocycles. The van der Waals surface area contributed by atoms with E-state index in [2.05, 4.69) is 4.98 Å². The van der Waals surface area contributed by atoms with E-state index in [0.717, 1.165) is 18.4 Å². The van der Waals surface area contributed by atoms with E-state index >= 15 is 0 Å². The number of carbonyl (C=O) groups is 2. The molecule has 0 aliphatic carbocycles. The van der Waals surface area contributed by atoms with Crippen molar-refractivity contribution in [3.63, 3.8) is 0 Å². The first-order valence-corrected chi connectivity index (χ1v) is 9.17. The molecule has 2 heterocycles. The lowest BCUT2D eigenvalue weighted by Crippen LogP contribution is -2.43. The Balaban J connectivity index is 1.91. The van der Waals surface area contributed by atoms with Crippen LogP contribution in [0.25, 0.3) is 0 Å². The highest BCUT2D eigenvalue weighted by atomic mass is 16.7. The van der Waals surface area contributed by atoms with Crippen LogP contribution in [0.1, 0.15) is 58.4 Å². The molecular formula is C20H29N3O3. The number of hydroxylamine groups is 2. The fraction of sp³-hybridized carbons (Fsp3) is 0.600. The molecule has 0 spiro atoms. The lowest BCUT2D eigenvalue weighted by molar-refractivity contribution is -0.207. The number of pyridine rings is 1. The summed E-state index contributed by atoms with van der Waals surface area (Å²) >= 11 is 0. The van der Waals surface area contributed by atoms with E-state index in [1.807, 2.05) is 19.1 Å². The summed E-state index contributed by atoms with van der Waals surface area (Å²) in [5, 5.41) is 9.80. The monoisotopic (exact) mass is 359 g/mol. The highest BCUT2D eigenvalue weighted by molar-refractivity contribution is 6.39. The number of nitrogens with zero attached hydrogens (tertiary/aromatic N) is 2. The molecule has 2 unspecified atom stereocenters. The van der Waals surface area contributed by atoms with Gasteiger partial charge in [-0.1, -0.05) is 13.0 Å². The Labute approximate surface area is 155 Å². The molecule has 0 amide bonds. The molecule has 2 rings (SSSR count). The predicted octanol–water partition coefficient (Wildman–Crippen LogP) is 3.38. The van der Waals surface area contributed by atoms with E-state index in [0.29, 0.717) is 19.5 Å². The van der Waals surface area contributed by atoms with Crippen LogP contribution in [0.15, 0.2) is 24.5 Å². The van der Waals surface area contributed by atoms with Crippen molar-refractivity contribution in [3.8, 4) is 0 Å². The lowest BCUT2D eigenvalue weighted by Gasteiger charge is -2.32. The topological polar surface area (TPSA) is 83.4 Å². The first-order chi connectivity index (χ1) is 12.2. The summed E-state index contributed by atoms with van der Waals surface area (Å²) in [5.74, 6) is -0.660. The van der Waals surface area contributed by atoms with Crippen LogP contribution < -0.4 is 0 Å². The summed E-state index contributed by atoms with van der Waals surface area (Å²) in [6.45, 7) is 8.40. The van der Waals surface area contributed by atoms with Gasteiger partial charge in [0.25, 0.3) is 0 Å². The molecule has 1 fully saturated rings. The summed E-state index contributed by atoms with van der Waals surface area (Å²) in [6.07, 6.45) is 5.38. The first-order valence-electron chi connectivity index (χ1n) is 9.17. The highest BCUT2D eigenvalue weighted by Gasteiger charge is 2.32. The number of hydrogen-bond acceptors (Lipinski definition) is 6. The molecule has 6 nitrogen and oxygen atoms in total. The van der Waals surface area contributed by atoms with Gasteiger partial charge in [0.05, 0.1) is 11.1 Å². The zero-order valence-corrected chi connectivity index (χ0v) is 16.1. The Morgan fingerprint density at radius 3 is 2.77 bits per heavy atom. The SMILES string of the molecule is CC(CC(=N)C(=O)C1CCCN(OC(=O)C(C)(C)C)C1)c1cccnc1. The Morgan fingerprint density at radius 1 is 1.42 bits per heavy atom. The molecule has 0 aromatic carbocycles. The molecule has 1 aliphatic rings. The predicted molar refractivity (Wildman–Crippen MR) is 99.8 cm³/mol. The van der Waals surface area contributed by atoms with Gasteiger partial charge in [-0.15, -0.1) is 5.06 Å². The third-order valence-corrected chi connectivity index (χ3v) is 4.64. The third kappa shape index (κ3) is 5.46. The average molecular weight is 359 g/mol. The van der Waals surface area contributed by atoms with Crippen molar-refractivity contribution in [2.45, 2.75) is 52.9 Å². The Bertz CT molecular complexity index is 652. The molecule has 1 N–H and O–H groups in total. The van der Waals surface area contributed by atoms with Crippen LogP contribution in [0.5, 0.6) is 0 Å². The van der Waals surface area contributed by atoms with Gasteiger partial charge in [0.2, 0.25) is 0 Å². The number of carbonyl (C=O) groups excluding carboxylic acids is 2. The molecule has 142 valence electrons. The van der Waals surface area contributed by atoms with Crippen molar-refractivity contribution in [1.29, 1.82) is 5.41 Å². The minimum atomic E-state index is -0.581. The Kier molecular flexibility index (Phi) is 6.64. The normalized spacial score (nSPS) is 19.6. The van der Waals surface area contributed by atoms with Gasteiger partial charge < -0.3 is 10.2 Å². The molecule has 6 heteroatoms. The maximum Gasteiger partial charge on any atom is 0.330 e. The smallest absolute Gasteiger partial charge is 0.330 e. The second-order valence-electron chi connectivity index (χ2n) is 8.09. The van der Waals surface area contributed by atoms with Crippen molar-refractivity contribution in [2.24, 2.45) is 11.3 Å². The lowest BCUT2D eigenvalue weighted by atomic mass is 9.87. The number of ketones is 1. The van der Waals surface area contributed by atoms with E-state index in [1.54, 1.807) is 38.2 Å². The summed E-state index contributed by atoms with van der Waals surface area (Å²) < 4.78 is 0. The Morgan fingerprint density at radius 2 is 2.15 bits per heavy atom. The second-order valence-corrected chi connectivity index (χ2v) is 8.09. The number of aromatic nitrogens is 1. The fourth-order valence-corrected chi connectivity index (χ4v) is 2.93.